The lowest BCUT2D eigenvalue weighted by Crippen LogP contribution is -2.43. The summed E-state index contributed by atoms with van der Waals surface area (Å²) in [5.74, 6) is -1.28. The summed E-state index contributed by atoms with van der Waals surface area (Å²) in [7, 11) is 1.83. The van der Waals surface area contributed by atoms with E-state index in [2.05, 4.69) is 6.58 Å². The van der Waals surface area contributed by atoms with Crippen LogP contribution in [0.25, 0.3) is 0 Å². The summed E-state index contributed by atoms with van der Waals surface area (Å²) in [5.41, 5.74) is 6.29. The van der Waals surface area contributed by atoms with E-state index in [0.29, 0.717) is 18.7 Å². The molecule has 0 amide bonds. The minimum Gasteiger partial charge on any atom is -0.390 e. The van der Waals surface area contributed by atoms with Gasteiger partial charge in [0.15, 0.2) is 0 Å². The molecule has 2 atom stereocenters. The second-order valence-electron chi connectivity index (χ2n) is 4.72. The molecule has 0 aliphatic rings. The number of nitrogens with zero attached hydrogens (tertiary/aromatic N) is 1. The van der Waals surface area contributed by atoms with E-state index < -0.39 is 23.8 Å². The van der Waals surface area contributed by atoms with Gasteiger partial charge in [-0.15, -0.1) is 6.58 Å². The third-order valence-corrected chi connectivity index (χ3v) is 2.83. The van der Waals surface area contributed by atoms with Crippen LogP contribution in [0.3, 0.4) is 0 Å². The second-order valence-corrected chi connectivity index (χ2v) is 4.72. The average Bonchev–Trinajstić information content (AvgIpc) is 2.27. The van der Waals surface area contributed by atoms with Crippen LogP contribution in [0.4, 0.5) is 8.78 Å². The van der Waals surface area contributed by atoms with Crippen molar-refractivity contribution in [1.29, 1.82) is 0 Å². The normalized spacial score (nSPS) is 14.4. The van der Waals surface area contributed by atoms with Gasteiger partial charge in [-0.3, -0.25) is 0 Å². The maximum absolute atomic E-state index is 13.0. The standard InChI is InChI=1S/C14H20F2N2O/c1-3-4-18(2)9-14(19)13(17)7-10-5-11(15)8-12(16)6-10/h3,5-6,8,13-14,19H,1,4,7,9,17H2,2H3/t13?,14-/m1/s1. The molecule has 1 aromatic rings. The molecule has 0 radical (unpaired) electrons. The van der Waals surface area contributed by atoms with Crippen molar-refractivity contribution in [2.45, 2.75) is 18.6 Å². The summed E-state index contributed by atoms with van der Waals surface area (Å²) in [5, 5.41) is 9.93. The largest absolute Gasteiger partial charge is 0.390 e. The predicted octanol–water partition coefficient (Wildman–Crippen LogP) is 1.31. The molecule has 3 nitrogen and oxygen atoms in total. The molecule has 1 rings (SSSR count). The van der Waals surface area contributed by atoms with Crippen molar-refractivity contribution in [2.24, 2.45) is 5.73 Å². The van der Waals surface area contributed by atoms with Gasteiger partial charge in [-0.05, 0) is 31.2 Å². The van der Waals surface area contributed by atoms with Crippen molar-refractivity contribution in [3.8, 4) is 0 Å². The monoisotopic (exact) mass is 270 g/mol. The zero-order chi connectivity index (χ0) is 14.4. The van der Waals surface area contributed by atoms with Gasteiger partial charge in [0, 0.05) is 25.2 Å². The fourth-order valence-corrected chi connectivity index (χ4v) is 1.89. The summed E-state index contributed by atoms with van der Waals surface area (Å²) in [6.07, 6.45) is 1.18. The number of rotatable bonds is 7. The first-order valence-electron chi connectivity index (χ1n) is 6.10. The number of aliphatic hydroxyl groups excluding tert-OH is 1. The molecular weight excluding hydrogens is 250 g/mol. The Bertz CT molecular complexity index is 406. The molecule has 5 heteroatoms. The van der Waals surface area contributed by atoms with E-state index in [1.54, 1.807) is 6.08 Å². The van der Waals surface area contributed by atoms with E-state index >= 15 is 0 Å². The van der Waals surface area contributed by atoms with Crippen LogP contribution in [-0.4, -0.2) is 42.3 Å². The second kappa shape index (κ2) is 7.33. The third-order valence-electron chi connectivity index (χ3n) is 2.83. The number of halogens is 2. The lowest BCUT2D eigenvalue weighted by Gasteiger charge is -2.24. The molecule has 0 saturated carbocycles. The first-order valence-corrected chi connectivity index (χ1v) is 6.10. The molecule has 0 bridgehead atoms. The molecule has 19 heavy (non-hydrogen) atoms. The number of hydrogen-bond acceptors (Lipinski definition) is 3. The maximum Gasteiger partial charge on any atom is 0.126 e. The molecule has 1 unspecified atom stereocenters. The van der Waals surface area contributed by atoms with Gasteiger partial charge in [0.25, 0.3) is 0 Å². The highest BCUT2D eigenvalue weighted by Gasteiger charge is 2.17. The van der Waals surface area contributed by atoms with E-state index in [9.17, 15) is 13.9 Å². The van der Waals surface area contributed by atoms with Crippen molar-refractivity contribution in [3.63, 3.8) is 0 Å². The molecule has 1 aromatic carbocycles. The van der Waals surface area contributed by atoms with Crippen LogP contribution in [0.15, 0.2) is 30.9 Å². The van der Waals surface area contributed by atoms with Crippen molar-refractivity contribution in [2.75, 3.05) is 20.1 Å². The number of benzene rings is 1. The van der Waals surface area contributed by atoms with Crippen LogP contribution in [0, 0.1) is 11.6 Å². The van der Waals surface area contributed by atoms with Crippen molar-refractivity contribution < 1.29 is 13.9 Å². The zero-order valence-corrected chi connectivity index (χ0v) is 11.0. The van der Waals surface area contributed by atoms with Gasteiger partial charge in [0.2, 0.25) is 0 Å². The molecule has 0 aliphatic carbocycles. The Balaban J connectivity index is 2.57. The molecule has 3 N–H and O–H groups in total. The maximum atomic E-state index is 13.0. The lowest BCUT2D eigenvalue weighted by molar-refractivity contribution is 0.106. The topological polar surface area (TPSA) is 49.5 Å². The molecule has 0 aliphatic heterocycles. The highest BCUT2D eigenvalue weighted by molar-refractivity contribution is 5.19. The number of nitrogens with two attached hydrogens (primary N) is 1. The van der Waals surface area contributed by atoms with Crippen molar-refractivity contribution >= 4 is 0 Å². The third kappa shape index (κ3) is 5.46. The van der Waals surface area contributed by atoms with Crippen LogP contribution in [-0.2, 0) is 6.42 Å². The first kappa shape index (κ1) is 15.8. The number of aliphatic hydroxyl groups is 1. The zero-order valence-electron chi connectivity index (χ0n) is 11.0. The minimum absolute atomic E-state index is 0.220. The Labute approximate surface area is 112 Å². The van der Waals surface area contributed by atoms with E-state index in [1.807, 2.05) is 11.9 Å². The Morgan fingerprint density at radius 3 is 2.47 bits per heavy atom. The van der Waals surface area contributed by atoms with Gasteiger partial charge >= 0.3 is 0 Å². The highest BCUT2D eigenvalue weighted by atomic mass is 19.1. The Morgan fingerprint density at radius 2 is 1.95 bits per heavy atom. The van der Waals surface area contributed by atoms with Crippen molar-refractivity contribution in [3.05, 3.63) is 48.1 Å². The van der Waals surface area contributed by atoms with Crippen LogP contribution in [0.5, 0.6) is 0 Å². The van der Waals surface area contributed by atoms with Gasteiger partial charge in [-0.25, -0.2) is 8.78 Å². The van der Waals surface area contributed by atoms with Gasteiger partial charge < -0.3 is 15.7 Å². The molecule has 106 valence electrons. The molecule has 0 aromatic heterocycles. The minimum atomic E-state index is -0.767. The summed E-state index contributed by atoms with van der Waals surface area (Å²) < 4.78 is 26.1. The van der Waals surface area contributed by atoms with Gasteiger partial charge in [0.05, 0.1) is 6.10 Å². The van der Waals surface area contributed by atoms with E-state index in [-0.39, 0.29) is 6.42 Å². The molecular formula is C14H20F2N2O. The van der Waals surface area contributed by atoms with Crippen LogP contribution < -0.4 is 5.73 Å². The fraction of sp³-hybridized carbons (Fsp3) is 0.429. The summed E-state index contributed by atoms with van der Waals surface area (Å²) in [4.78, 5) is 1.86. The highest BCUT2D eigenvalue weighted by Crippen LogP contribution is 2.11. The van der Waals surface area contributed by atoms with Crippen LogP contribution >= 0.6 is 0 Å². The Kier molecular flexibility index (Phi) is 6.08. The Hall–Kier alpha value is -1.30. The molecule has 0 saturated heterocycles. The molecule has 0 heterocycles. The van der Waals surface area contributed by atoms with Gasteiger partial charge in [-0.1, -0.05) is 6.08 Å². The molecule has 0 fully saturated rings. The van der Waals surface area contributed by atoms with Gasteiger partial charge in [-0.2, -0.15) is 0 Å². The Morgan fingerprint density at radius 1 is 1.37 bits per heavy atom. The quantitative estimate of drug-likeness (QED) is 0.735. The summed E-state index contributed by atoms with van der Waals surface area (Å²) in [6, 6.07) is 2.68. The predicted molar refractivity (Wildman–Crippen MR) is 71.7 cm³/mol. The van der Waals surface area contributed by atoms with Crippen molar-refractivity contribution in [1.82, 2.24) is 4.90 Å². The lowest BCUT2D eigenvalue weighted by atomic mass is 10.0. The van der Waals surface area contributed by atoms with Crippen LogP contribution in [0.2, 0.25) is 0 Å². The van der Waals surface area contributed by atoms with E-state index in [0.717, 1.165) is 6.07 Å². The number of likely N-dealkylation sites (N-methyl/N-ethyl adjacent to an activating group) is 1. The van der Waals surface area contributed by atoms with Crippen LogP contribution in [0.1, 0.15) is 5.56 Å². The van der Waals surface area contributed by atoms with Gasteiger partial charge in [0.1, 0.15) is 11.6 Å². The summed E-state index contributed by atoms with van der Waals surface area (Å²) >= 11 is 0. The van der Waals surface area contributed by atoms with E-state index in [1.165, 1.54) is 12.1 Å². The summed E-state index contributed by atoms with van der Waals surface area (Å²) in [6.45, 7) is 4.62. The number of hydrogen-bond donors (Lipinski definition) is 2. The fourth-order valence-electron chi connectivity index (χ4n) is 1.89. The SMILES string of the molecule is C=CCN(C)C[C@@H](O)C(N)Cc1cc(F)cc(F)c1. The van der Waals surface area contributed by atoms with E-state index in [4.69, 9.17) is 5.73 Å². The first-order chi connectivity index (χ1) is 8.92. The molecule has 0 spiro atoms. The average molecular weight is 270 g/mol. The smallest absolute Gasteiger partial charge is 0.126 e.